The van der Waals surface area contributed by atoms with Crippen LogP contribution in [0.3, 0.4) is 0 Å². The Kier molecular flexibility index (Phi) is 1.50. The van der Waals surface area contributed by atoms with Gasteiger partial charge in [0.25, 0.3) is 0 Å². The van der Waals surface area contributed by atoms with Gasteiger partial charge >= 0.3 is 0 Å². The number of hydrogen-bond donors (Lipinski definition) is 1. The summed E-state index contributed by atoms with van der Waals surface area (Å²) in [5.41, 5.74) is 7.66. The number of nitrogens with two attached hydrogens (primary N) is 1. The van der Waals surface area contributed by atoms with Gasteiger partial charge in [-0.2, -0.15) is 0 Å². The van der Waals surface area contributed by atoms with Crippen molar-refractivity contribution in [3.8, 4) is 0 Å². The van der Waals surface area contributed by atoms with Crippen LogP contribution in [-0.4, -0.2) is 17.3 Å². The normalized spacial score (nSPS) is 21.1. The van der Waals surface area contributed by atoms with Crippen molar-refractivity contribution in [3.63, 3.8) is 0 Å². The van der Waals surface area contributed by atoms with Crippen molar-refractivity contribution in [1.29, 1.82) is 0 Å². The molecule has 0 unspecified atom stereocenters. The van der Waals surface area contributed by atoms with Crippen molar-refractivity contribution in [1.82, 2.24) is 4.90 Å². The Hall–Kier alpha value is -1.51. The van der Waals surface area contributed by atoms with Gasteiger partial charge in [-0.25, -0.2) is 4.99 Å². The molecule has 3 nitrogen and oxygen atoms in total. The number of allylic oxidation sites excluding steroid dienone is 2. The lowest BCUT2D eigenvalue weighted by atomic mass is 10.2. The van der Waals surface area contributed by atoms with Crippen molar-refractivity contribution < 1.29 is 0 Å². The van der Waals surface area contributed by atoms with Gasteiger partial charge in [0.1, 0.15) is 5.84 Å². The molecule has 2 heterocycles. The van der Waals surface area contributed by atoms with Gasteiger partial charge < -0.3 is 10.6 Å². The number of rotatable bonds is 0. The van der Waals surface area contributed by atoms with Crippen molar-refractivity contribution in [3.05, 3.63) is 35.8 Å². The first-order chi connectivity index (χ1) is 5.75. The van der Waals surface area contributed by atoms with Gasteiger partial charge in [0, 0.05) is 18.1 Å². The molecule has 3 heteroatoms. The maximum Gasteiger partial charge on any atom is 0.133 e. The average molecular weight is 161 g/mol. The van der Waals surface area contributed by atoms with Gasteiger partial charge in [0.15, 0.2) is 0 Å². The predicted octanol–water partition coefficient (Wildman–Crippen LogP) is 0.974. The Labute approximate surface area is 71.6 Å². The van der Waals surface area contributed by atoms with Crippen molar-refractivity contribution in [2.45, 2.75) is 6.92 Å². The van der Waals surface area contributed by atoms with E-state index in [4.69, 9.17) is 5.73 Å². The number of nitrogens with zero attached hydrogens (tertiary/aromatic N) is 2. The van der Waals surface area contributed by atoms with Gasteiger partial charge in [0.2, 0.25) is 0 Å². The molecule has 0 aromatic rings. The van der Waals surface area contributed by atoms with E-state index in [1.165, 1.54) is 5.57 Å². The van der Waals surface area contributed by atoms with Crippen LogP contribution in [-0.2, 0) is 0 Å². The van der Waals surface area contributed by atoms with Gasteiger partial charge in [-0.1, -0.05) is 0 Å². The fraction of sp³-hybridized carbons (Fsp3) is 0.222. The standard InChI is InChI=1S/C9H11N3/c1-7-2-3-12-6-8(10)5-11-9(12)4-7/h2-5H,6,10H2,1H3. The van der Waals surface area contributed by atoms with E-state index in [0.29, 0.717) is 0 Å². The van der Waals surface area contributed by atoms with E-state index >= 15 is 0 Å². The Balaban J connectivity index is 2.35. The van der Waals surface area contributed by atoms with Gasteiger partial charge in [-0.3, -0.25) is 0 Å². The molecule has 0 amide bonds. The SMILES string of the molecule is CC1=CC2=NC=C(N)CN2C=C1. The first-order valence-corrected chi connectivity index (χ1v) is 3.91. The molecule has 12 heavy (non-hydrogen) atoms. The summed E-state index contributed by atoms with van der Waals surface area (Å²) in [6.45, 7) is 2.80. The summed E-state index contributed by atoms with van der Waals surface area (Å²) in [6.07, 6.45) is 7.82. The Morgan fingerprint density at radius 3 is 3.25 bits per heavy atom. The van der Waals surface area contributed by atoms with E-state index in [9.17, 15) is 0 Å². The zero-order valence-electron chi connectivity index (χ0n) is 6.99. The van der Waals surface area contributed by atoms with Crippen LogP contribution >= 0.6 is 0 Å². The zero-order valence-corrected chi connectivity index (χ0v) is 6.99. The van der Waals surface area contributed by atoms with Crippen molar-refractivity contribution in [2.24, 2.45) is 10.7 Å². The molecule has 0 aromatic carbocycles. The molecule has 0 aromatic heterocycles. The molecule has 2 N–H and O–H groups in total. The quantitative estimate of drug-likeness (QED) is 0.575. The van der Waals surface area contributed by atoms with Crippen molar-refractivity contribution >= 4 is 5.84 Å². The Morgan fingerprint density at radius 1 is 1.58 bits per heavy atom. The van der Waals surface area contributed by atoms with E-state index in [0.717, 1.165) is 18.1 Å². The first kappa shape index (κ1) is 7.16. The maximum atomic E-state index is 5.63. The number of amidine groups is 1. The van der Waals surface area contributed by atoms with E-state index in [1.807, 2.05) is 17.2 Å². The minimum atomic E-state index is 0.749. The van der Waals surface area contributed by atoms with E-state index in [2.05, 4.69) is 18.0 Å². The minimum Gasteiger partial charge on any atom is -0.399 e. The largest absolute Gasteiger partial charge is 0.399 e. The average Bonchev–Trinajstić information content (AvgIpc) is 2.05. The highest BCUT2D eigenvalue weighted by molar-refractivity contribution is 5.96. The zero-order chi connectivity index (χ0) is 8.55. The first-order valence-electron chi connectivity index (χ1n) is 3.91. The molecule has 0 saturated carbocycles. The van der Waals surface area contributed by atoms with Crippen LogP contribution in [0.4, 0.5) is 0 Å². The summed E-state index contributed by atoms with van der Waals surface area (Å²) in [4.78, 5) is 6.24. The number of aliphatic imine (C=N–C) groups is 1. The van der Waals surface area contributed by atoms with Crippen LogP contribution in [0.1, 0.15) is 6.92 Å². The monoisotopic (exact) mass is 161 g/mol. The summed E-state index contributed by atoms with van der Waals surface area (Å²) < 4.78 is 0. The third-order valence-electron chi connectivity index (χ3n) is 1.88. The van der Waals surface area contributed by atoms with Gasteiger partial charge in [0.05, 0.1) is 6.54 Å². The topological polar surface area (TPSA) is 41.6 Å². The molecule has 0 aliphatic carbocycles. The second-order valence-corrected chi connectivity index (χ2v) is 3.02. The summed E-state index contributed by atoms with van der Waals surface area (Å²) in [6, 6.07) is 0. The molecule has 0 spiro atoms. The predicted molar refractivity (Wildman–Crippen MR) is 49.3 cm³/mol. The summed E-state index contributed by atoms with van der Waals surface area (Å²) in [5, 5.41) is 0. The Morgan fingerprint density at radius 2 is 2.42 bits per heavy atom. The van der Waals surface area contributed by atoms with Crippen LogP contribution in [0.25, 0.3) is 0 Å². The molecule has 0 radical (unpaired) electrons. The van der Waals surface area contributed by atoms with Crippen molar-refractivity contribution in [2.75, 3.05) is 6.54 Å². The molecule has 2 aliphatic rings. The second kappa shape index (κ2) is 2.52. The van der Waals surface area contributed by atoms with E-state index < -0.39 is 0 Å². The number of hydrogen-bond acceptors (Lipinski definition) is 3. The highest BCUT2D eigenvalue weighted by Crippen LogP contribution is 2.13. The fourth-order valence-corrected chi connectivity index (χ4v) is 1.25. The minimum absolute atomic E-state index is 0.749. The third-order valence-corrected chi connectivity index (χ3v) is 1.88. The fourth-order valence-electron chi connectivity index (χ4n) is 1.25. The smallest absolute Gasteiger partial charge is 0.133 e. The van der Waals surface area contributed by atoms with Crippen LogP contribution in [0.15, 0.2) is 40.8 Å². The summed E-state index contributed by atoms with van der Waals surface area (Å²) in [7, 11) is 0. The van der Waals surface area contributed by atoms with Crippen LogP contribution < -0.4 is 5.73 Å². The van der Waals surface area contributed by atoms with Gasteiger partial charge in [-0.15, -0.1) is 0 Å². The lowest BCUT2D eigenvalue weighted by Crippen LogP contribution is -2.32. The maximum absolute atomic E-state index is 5.63. The highest BCUT2D eigenvalue weighted by atomic mass is 15.2. The molecule has 0 atom stereocenters. The molecule has 2 rings (SSSR count). The number of fused-ring (bicyclic) bond motifs is 1. The Bertz CT molecular complexity index is 321. The molecule has 2 aliphatic heterocycles. The molecule has 0 fully saturated rings. The molecule has 0 bridgehead atoms. The molecule has 62 valence electrons. The molecule has 0 saturated heterocycles. The highest BCUT2D eigenvalue weighted by Gasteiger charge is 2.13. The molecular formula is C9H11N3. The van der Waals surface area contributed by atoms with Crippen LogP contribution in [0.2, 0.25) is 0 Å². The van der Waals surface area contributed by atoms with E-state index in [1.54, 1.807) is 6.20 Å². The van der Waals surface area contributed by atoms with Gasteiger partial charge in [-0.05, 0) is 24.6 Å². The lowest BCUT2D eigenvalue weighted by molar-refractivity contribution is 0.588. The second-order valence-electron chi connectivity index (χ2n) is 3.02. The van der Waals surface area contributed by atoms with E-state index in [-0.39, 0.29) is 0 Å². The summed E-state index contributed by atoms with van der Waals surface area (Å²) in [5.74, 6) is 0.976. The lowest BCUT2D eigenvalue weighted by Gasteiger charge is -2.25. The van der Waals surface area contributed by atoms with Crippen LogP contribution in [0, 0.1) is 0 Å². The van der Waals surface area contributed by atoms with Crippen LogP contribution in [0.5, 0.6) is 0 Å². The molecular weight excluding hydrogens is 150 g/mol. The summed E-state index contributed by atoms with van der Waals surface area (Å²) >= 11 is 0. The third kappa shape index (κ3) is 1.13.